The Morgan fingerprint density at radius 3 is 2.58 bits per heavy atom. The first-order valence-electron chi connectivity index (χ1n) is 5.70. The van der Waals surface area contributed by atoms with Crippen LogP contribution in [0.5, 0.6) is 0 Å². The minimum Gasteiger partial charge on any atom is -0.336 e. The van der Waals surface area contributed by atoms with Gasteiger partial charge in [-0.3, -0.25) is 4.79 Å². The van der Waals surface area contributed by atoms with Gasteiger partial charge in [0, 0.05) is 5.02 Å². The van der Waals surface area contributed by atoms with Crippen LogP contribution >= 0.6 is 11.6 Å². The van der Waals surface area contributed by atoms with Crippen molar-refractivity contribution in [3.8, 4) is 0 Å². The second kappa shape index (κ2) is 6.25. The molecule has 0 heterocycles. The van der Waals surface area contributed by atoms with E-state index in [1.165, 1.54) is 6.07 Å². The maximum Gasteiger partial charge on any atom is 0.418 e. The van der Waals surface area contributed by atoms with Gasteiger partial charge in [0.15, 0.2) is 6.54 Å². The van der Waals surface area contributed by atoms with E-state index in [1.54, 1.807) is 5.32 Å². The van der Waals surface area contributed by atoms with Crippen LogP contribution in [-0.4, -0.2) is 18.5 Å². The van der Waals surface area contributed by atoms with E-state index in [9.17, 15) is 18.0 Å². The van der Waals surface area contributed by atoms with Crippen LogP contribution in [0.4, 0.5) is 18.9 Å². The molecule has 0 saturated heterocycles. The fourth-order valence-electron chi connectivity index (χ4n) is 1.40. The van der Waals surface area contributed by atoms with Gasteiger partial charge in [-0.1, -0.05) is 11.6 Å². The summed E-state index contributed by atoms with van der Waals surface area (Å²) in [5.74, 6) is -0.485. The molecule has 1 aromatic carbocycles. The Kier molecular flexibility index (Phi) is 5.20. The molecule has 0 bridgehead atoms. The molecule has 0 fully saturated rings. The average molecular weight is 296 g/mol. The number of carbonyl (C=O) groups is 1. The molecule has 0 spiro atoms. The lowest BCUT2D eigenvalue weighted by Gasteiger charge is -2.14. The Morgan fingerprint density at radius 2 is 2.05 bits per heavy atom. The zero-order valence-corrected chi connectivity index (χ0v) is 11.3. The number of anilines is 1. The summed E-state index contributed by atoms with van der Waals surface area (Å²) in [5, 5.41) is 3.94. The molecule has 0 aliphatic heterocycles. The lowest BCUT2D eigenvalue weighted by Crippen LogP contribution is -2.90. The van der Waals surface area contributed by atoms with Gasteiger partial charge >= 0.3 is 6.18 Å². The summed E-state index contributed by atoms with van der Waals surface area (Å²) < 4.78 is 38.3. The van der Waals surface area contributed by atoms with E-state index in [-0.39, 0.29) is 23.3 Å². The predicted octanol–water partition coefficient (Wildman–Crippen LogP) is 2.27. The van der Waals surface area contributed by atoms with Crippen molar-refractivity contribution in [1.82, 2.24) is 0 Å². The van der Waals surface area contributed by atoms with E-state index in [2.05, 4.69) is 5.32 Å². The molecule has 106 valence electrons. The first-order chi connectivity index (χ1) is 8.70. The molecule has 0 atom stereocenters. The topological polar surface area (TPSA) is 45.7 Å². The van der Waals surface area contributed by atoms with Gasteiger partial charge < -0.3 is 10.6 Å². The minimum atomic E-state index is -4.56. The fraction of sp³-hybridized carbons (Fsp3) is 0.417. The first-order valence-corrected chi connectivity index (χ1v) is 6.08. The standard InChI is InChI=1S/C12H14ClF3N2O/c1-7(2)17-6-11(19)18-10-4-3-8(13)5-9(10)12(14,15)16/h3-5,7,17H,6H2,1-2H3,(H,18,19)/p+1. The van der Waals surface area contributed by atoms with Gasteiger partial charge in [0.1, 0.15) is 0 Å². The maximum absolute atomic E-state index is 12.8. The van der Waals surface area contributed by atoms with E-state index in [0.29, 0.717) is 0 Å². The molecule has 0 unspecified atom stereocenters. The van der Waals surface area contributed by atoms with E-state index < -0.39 is 17.6 Å². The number of nitrogens with one attached hydrogen (secondary N) is 1. The maximum atomic E-state index is 12.8. The molecular weight excluding hydrogens is 281 g/mol. The molecule has 0 saturated carbocycles. The van der Waals surface area contributed by atoms with Gasteiger partial charge in [-0.25, -0.2) is 0 Å². The highest BCUT2D eigenvalue weighted by Crippen LogP contribution is 2.36. The zero-order valence-electron chi connectivity index (χ0n) is 10.5. The molecule has 0 aliphatic rings. The molecule has 1 aromatic rings. The monoisotopic (exact) mass is 295 g/mol. The smallest absolute Gasteiger partial charge is 0.336 e. The Morgan fingerprint density at radius 1 is 1.42 bits per heavy atom. The third-order valence-electron chi connectivity index (χ3n) is 2.34. The SMILES string of the molecule is CC(C)[NH2+]CC(=O)Nc1ccc(Cl)cc1C(F)(F)F. The van der Waals surface area contributed by atoms with Crippen molar-refractivity contribution in [2.45, 2.75) is 26.1 Å². The Labute approximate surface area is 114 Å². The number of hydrogen-bond donors (Lipinski definition) is 2. The highest BCUT2D eigenvalue weighted by molar-refractivity contribution is 6.30. The summed E-state index contributed by atoms with van der Waals surface area (Å²) in [6.07, 6.45) is -4.56. The van der Waals surface area contributed by atoms with E-state index in [0.717, 1.165) is 12.1 Å². The minimum absolute atomic E-state index is 0.0286. The third kappa shape index (κ3) is 5.08. The van der Waals surface area contributed by atoms with E-state index in [1.807, 2.05) is 13.8 Å². The molecule has 3 nitrogen and oxygen atoms in total. The largest absolute Gasteiger partial charge is 0.418 e. The van der Waals surface area contributed by atoms with Crippen molar-refractivity contribution in [3.05, 3.63) is 28.8 Å². The first kappa shape index (κ1) is 15.8. The van der Waals surface area contributed by atoms with Crippen LogP contribution in [0.15, 0.2) is 18.2 Å². The molecule has 1 amide bonds. The number of quaternary nitrogens is 1. The van der Waals surface area contributed by atoms with Crippen LogP contribution in [0, 0.1) is 0 Å². The lowest BCUT2D eigenvalue weighted by atomic mass is 10.1. The van der Waals surface area contributed by atoms with Gasteiger partial charge in [0.2, 0.25) is 0 Å². The van der Waals surface area contributed by atoms with Crippen LogP contribution in [0.2, 0.25) is 5.02 Å². The molecule has 0 aromatic heterocycles. The van der Waals surface area contributed by atoms with E-state index in [4.69, 9.17) is 11.6 Å². The van der Waals surface area contributed by atoms with Crippen LogP contribution in [-0.2, 0) is 11.0 Å². The highest BCUT2D eigenvalue weighted by atomic mass is 35.5. The number of halogens is 4. The van der Waals surface area contributed by atoms with Crippen molar-refractivity contribution in [2.24, 2.45) is 0 Å². The van der Waals surface area contributed by atoms with Gasteiger partial charge in [-0.2, -0.15) is 13.2 Å². The summed E-state index contributed by atoms with van der Waals surface area (Å²) in [4.78, 5) is 11.5. The summed E-state index contributed by atoms with van der Waals surface area (Å²) in [6, 6.07) is 3.44. The summed E-state index contributed by atoms with van der Waals surface area (Å²) in [5.41, 5.74) is -1.23. The number of rotatable bonds is 4. The lowest BCUT2D eigenvalue weighted by molar-refractivity contribution is -0.672. The van der Waals surface area contributed by atoms with Crippen molar-refractivity contribution < 1.29 is 23.3 Å². The van der Waals surface area contributed by atoms with Crippen LogP contribution in [0.25, 0.3) is 0 Å². The number of carbonyl (C=O) groups excluding carboxylic acids is 1. The molecule has 0 radical (unpaired) electrons. The summed E-state index contributed by atoms with van der Waals surface area (Å²) in [7, 11) is 0. The molecule has 7 heteroatoms. The molecule has 1 rings (SSSR count). The van der Waals surface area contributed by atoms with Crippen molar-refractivity contribution in [1.29, 1.82) is 0 Å². The van der Waals surface area contributed by atoms with Crippen LogP contribution < -0.4 is 10.6 Å². The fourth-order valence-corrected chi connectivity index (χ4v) is 1.58. The van der Waals surface area contributed by atoms with Gasteiger partial charge in [-0.15, -0.1) is 0 Å². The number of benzene rings is 1. The van der Waals surface area contributed by atoms with Crippen molar-refractivity contribution in [3.63, 3.8) is 0 Å². The summed E-state index contributed by atoms with van der Waals surface area (Å²) >= 11 is 5.54. The zero-order chi connectivity index (χ0) is 14.6. The Hall–Kier alpha value is -1.27. The second-order valence-electron chi connectivity index (χ2n) is 4.42. The quantitative estimate of drug-likeness (QED) is 0.879. The van der Waals surface area contributed by atoms with Crippen molar-refractivity contribution in [2.75, 3.05) is 11.9 Å². The average Bonchev–Trinajstić information content (AvgIpc) is 2.27. The normalized spacial score (nSPS) is 11.7. The van der Waals surface area contributed by atoms with Crippen LogP contribution in [0.1, 0.15) is 19.4 Å². The molecule has 0 aliphatic carbocycles. The second-order valence-corrected chi connectivity index (χ2v) is 4.86. The number of hydrogen-bond acceptors (Lipinski definition) is 1. The number of amides is 1. The van der Waals surface area contributed by atoms with Crippen molar-refractivity contribution >= 4 is 23.2 Å². The predicted molar refractivity (Wildman–Crippen MR) is 67.0 cm³/mol. The highest BCUT2D eigenvalue weighted by Gasteiger charge is 2.34. The van der Waals surface area contributed by atoms with E-state index >= 15 is 0 Å². The van der Waals surface area contributed by atoms with Gasteiger partial charge in [-0.05, 0) is 32.0 Å². The van der Waals surface area contributed by atoms with Gasteiger partial charge in [0.05, 0.1) is 17.3 Å². The van der Waals surface area contributed by atoms with Gasteiger partial charge in [0.25, 0.3) is 5.91 Å². The number of nitrogens with two attached hydrogens (primary N) is 1. The number of alkyl halides is 3. The third-order valence-corrected chi connectivity index (χ3v) is 2.57. The Bertz CT molecular complexity index is 461. The van der Waals surface area contributed by atoms with Crippen LogP contribution in [0.3, 0.4) is 0 Å². The Balaban J connectivity index is 2.86. The molecule has 3 N–H and O–H groups in total. The molecule has 19 heavy (non-hydrogen) atoms. The molecular formula is C12H15ClF3N2O+. The summed E-state index contributed by atoms with van der Waals surface area (Å²) in [6.45, 7) is 3.84.